The summed E-state index contributed by atoms with van der Waals surface area (Å²) in [6.45, 7) is 0.619. The number of ether oxygens (including phenoxy) is 1. The molecule has 0 unspecified atom stereocenters. The maximum atomic E-state index is 12.6. The van der Waals surface area contributed by atoms with Crippen LogP contribution >= 0.6 is 0 Å². The fourth-order valence-electron chi connectivity index (χ4n) is 2.63. The highest BCUT2D eigenvalue weighted by Crippen LogP contribution is 2.21. The lowest BCUT2D eigenvalue weighted by atomic mass is 10.1. The molecule has 1 amide bonds. The molecule has 138 valence electrons. The van der Waals surface area contributed by atoms with E-state index in [0.717, 1.165) is 5.56 Å². The molecule has 3 rings (SSSR count). The summed E-state index contributed by atoms with van der Waals surface area (Å²) in [7, 11) is 3.27. The molecule has 1 heterocycles. The Morgan fingerprint density at radius 1 is 1.04 bits per heavy atom. The average molecular weight is 363 g/mol. The molecule has 0 saturated heterocycles. The molecule has 27 heavy (non-hydrogen) atoms. The quantitative estimate of drug-likeness (QED) is 0.632. The summed E-state index contributed by atoms with van der Waals surface area (Å²) in [6, 6.07) is 18.0. The maximum Gasteiger partial charge on any atom is 0.339 e. The van der Waals surface area contributed by atoms with E-state index in [-0.39, 0.29) is 5.91 Å². The number of amides is 1. The van der Waals surface area contributed by atoms with Crippen molar-refractivity contribution in [1.29, 1.82) is 0 Å². The van der Waals surface area contributed by atoms with Gasteiger partial charge >= 0.3 is 5.97 Å². The van der Waals surface area contributed by atoms with Gasteiger partial charge in [0.25, 0.3) is 5.91 Å². The van der Waals surface area contributed by atoms with Crippen LogP contribution in [0.2, 0.25) is 0 Å². The number of carbonyl (C=O) groups is 2. The van der Waals surface area contributed by atoms with Crippen LogP contribution < -0.4 is 0 Å². The van der Waals surface area contributed by atoms with Crippen LogP contribution in [0.4, 0.5) is 0 Å². The van der Waals surface area contributed by atoms with Crippen molar-refractivity contribution >= 4 is 11.9 Å². The summed E-state index contributed by atoms with van der Waals surface area (Å²) < 4.78 is 7.34. The molecular weight excluding hydrogens is 342 g/mol. The van der Waals surface area contributed by atoms with Crippen LogP contribution in [0, 0.1) is 0 Å². The van der Waals surface area contributed by atoms with E-state index in [9.17, 15) is 9.59 Å². The van der Waals surface area contributed by atoms with Crippen LogP contribution in [0.15, 0.2) is 73.1 Å². The number of carbonyl (C=O) groups excluding carboxylic acids is 2. The number of rotatable bonds is 6. The number of hydrogen-bond donors (Lipinski definition) is 0. The Labute approximate surface area is 158 Å². The van der Waals surface area contributed by atoms with Gasteiger partial charge in [-0.2, -0.15) is 5.10 Å². The second kappa shape index (κ2) is 8.31. The number of benzene rings is 2. The van der Waals surface area contributed by atoms with Crippen molar-refractivity contribution in [2.45, 2.75) is 12.6 Å². The molecule has 1 aromatic heterocycles. The molecule has 6 heteroatoms. The highest BCUT2D eigenvalue weighted by molar-refractivity contribution is 5.92. The van der Waals surface area contributed by atoms with Gasteiger partial charge in [0.05, 0.1) is 12.1 Å². The smallest absolute Gasteiger partial charge is 0.339 e. The zero-order valence-electron chi connectivity index (χ0n) is 15.3. The van der Waals surface area contributed by atoms with Crippen LogP contribution in [0.1, 0.15) is 27.6 Å². The molecule has 0 bridgehead atoms. The first kappa shape index (κ1) is 18.4. The Kier molecular flexibility index (Phi) is 5.66. The maximum absolute atomic E-state index is 12.6. The van der Waals surface area contributed by atoms with Crippen LogP contribution in [-0.4, -0.2) is 40.7 Å². The Morgan fingerprint density at radius 2 is 1.74 bits per heavy atom. The Bertz CT molecular complexity index is 888. The first-order chi connectivity index (χ1) is 13.0. The number of nitrogens with zero attached hydrogens (tertiary/aromatic N) is 3. The molecule has 1 atom stereocenters. The van der Waals surface area contributed by atoms with Gasteiger partial charge in [0, 0.05) is 32.1 Å². The molecule has 3 aromatic rings. The number of esters is 1. The van der Waals surface area contributed by atoms with Gasteiger partial charge in [0.1, 0.15) is 0 Å². The normalized spacial score (nSPS) is 11.6. The topological polar surface area (TPSA) is 64.4 Å². The summed E-state index contributed by atoms with van der Waals surface area (Å²) in [5.74, 6) is -0.824. The zero-order chi connectivity index (χ0) is 19.2. The number of likely N-dealkylation sites (N-methyl/N-ethyl adjacent to an activating group) is 1. The SMILES string of the molecule is CN(C)C(=O)[C@@H](OC(=O)c1ccc(Cn2cccn2)cc1)c1ccccc1. The summed E-state index contributed by atoms with van der Waals surface area (Å²) in [6.07, 6.45) is 2.62. The van der Waals surface area contributed by atoms with E-state index in [1.165, 1.54) is 4.90 Å². The molecule has 0 radical (unpaired) electrons. The van der Waals surface area contributed by atoms with Crippen molar-refractivity contribution in [3.8, 4) is 0 Å². The largest absolute Gasteiger partial charge is 0.444 e. The van der Waals surface area contributed by atoms with Crippen molar-refractivity contribution in [1.82, 2.24) is 14.7 Å². The molecule has 0 aliphatic rings. The molecule has 0 N–H and O–H groups in total. The first-order valence-electron chi connectivity index (χ1n) is 8.58. The van der Waals surface area contributed by atoms with Gasteiger partial charge in [-0.1, -0.05) is 42.5 Å². The third-order valence-corrected chi connectivity index (χ3v) is 4.09. The standard InChI is InChI=1S/C21H21N3O3/c1-23(2)20(25)19(17-7-4-3-5-8-17)27-21(26)18-11-9-16(10-12-18)15-24-14-6-13-22-24/h3-14,19H,15H2,1-2H3/t19-/m0/s1. The minimum atomic E-state index is -0.975. The van der Waals surface area contributed by atoms with E-state index in [2.05, 4.69) is 5.10 Å². The second-order valence-electron chi connectivity index (χ2n) is 6.33. The lowest BCUT2D eigenvalue weighted by Crippen LogP contribution is -2.31. The molecule has 6 nitrogen and oxygen atoms in total. The monoisotopic (exact) mass is 363 g/mol. The van der Waals surface area contributed by atoms with E-state index in [0.29, 0.717) is 17.7 Å². The van der Waals surface area contributed by atoms with E-state index >= 15 is 0 Å². The number of aromatic nitrogens is 2. The summed E-state index contributed by atoms with van der Waals surface area (Å²) in [5, 5.41) is 4.16. The molecule has 0 aliphatic carbocycles. The lowest BCUT2D eigenvalue weighted by Gasteiger charge is -2.21. The van der Waals surface area contributed by atoms with E-state index in [1.54, 1.807) is 49.2 Å². The fraction of sp³-hybridized carbons (Fsp3) is 0.190. The van der Waals surface area contributed by atoms with Crippen molar-refractivity contribution in [3.63, 3.8) is 0 Å². The zero-order valence-corrected chi connectivity index (χ0v) is 15.3. The molecule has 0 saturated carbocycles. The van der Waals surface area contributed by atoms with Crippen LogP contribution in [0.3, 0.4) is 0 Å². The average Bonchev–Trinajstić information content (AvgIpc) is 3.19. The Morgan fingerprint density at radius 3 is 2.33 bits per heavy atom. The van der Waals surface area contributed by atoms with Crippen LogP contribution in [0.25, 0.3) is 0 Å². The third kappa shape index (κ3) is 4.61. The van der Waals surface area contributed by atoms with Crippen LogP contribution in [-0.2, 0) is 16.1 Å². The highest BCUT2D eigenvalue weighted by Gasteiger charge is 2.26. The minimum absolute atomic E-state index is 0.287. The van der Waals surface area contributed by atoms with E-state index in [1.807, 2.05) is 42.6 Å². The number of hydrogen-bond acceptors (Lipinski definition) is 4. The van der Waals surface area contributed by atoms with Crippen molar-refractivity contribution in [2.75, 3.05) is 14.1 Å². The Hall–Kier alpha value is -3.41. The summed E-state index contributed by atoms with van der Waals surface area (Å²) in [4.78, 5) is 26.5. The fourth-order valence-corrected chi connectivity index (χ4v) is 2.63. The molecule has 0 aliphatic heterocycles. The van der Waals surface area contributed by atoms with Crippen molar-refractivity contribution in [3.05, 3.63) is 89.7 Å². The second-order valence-corrected chi connectivity index (χ2v) is 6.33. The van der Waals surface area contributed by atoms with Gasteiger partial charge in [0.15, 0.2) is 0 Å². The van der Waals surface area contributed by atoms with Gasteiger partial charge in [-0.05, 0) is 23.8 Å². The lowest BCUT2D eigenvalue weighted by molar-refractivity contribution is -0.138. The molecular formula is C21H21N3O3. The Balaban J connectivity index is 1.74. The summed E-state index contributed by atoms with van der Waals surface area (Å²) >= 11 is 0. The van der Waals surface area contributed by atoms with Gasteiger partial charge < -0.3 is 9.64 Å². The van der Waals surface area contributed by atoms with Gasteiger partial charge in [-0.25, -0.2) is 4.79 Å². The van der Waals surface area contributed by atoms with E-state index in [4.69, 9.17) is 4.74 Å². The highest BCUT2D eigenvalue weighted by atomic mass is 16.5. The molecule has 2 aromatic carbocycles. The van der Waals surface area contributed by atoms with Crippen molar-refractivity contribution in [2.24, 2.45) is 0 Å². The van der Waals surface area contributed by atoms with Gasteiger partial charge in [-0.15, -0.1) is 0 Å². The minimum Gasteiger partial charge on any atom is -0.444 e. The van der Waals surface area contributed by atoms with Gasteiger partial charge in [-0.3, -0.25) is 9.48 Å². The first-order valence-corrected chi connectivity index (χ1v) is 8.58. The molecule has 0 fully saturated rings. The third-order valence-electron chi connectivity index (χ3n) is 4.09. The van der Waals surface area contributed by atoms with Crippen molar-refractivity contribution < 1.29 is 14.3 Å². The van der Waals surface area contributed by atoms with Gasteiger partial charge in [0.2, 0.25) is 6.10 Å². The van der Waals surface area contributed by atoms with Crippen LogP contribution in [0.5, 0.6) is 0 Å². The predicted octanol–water partition coefficient (Wildman–Crippen LogP) is 2.92. The van der Waals surface area contributed by atoms with E-state index < -0.39 is 12.1 Å². The molecule has 0 spiro atoms. The predicted molar refractivity (Wildman–Crippen MR) is 101 cm³/mol. The summed E-state index contributed by atoms with van der Waals surface area (Å²) in [5.41, 5.74) is 2.05.